The number of aromatic nitrogens is 1. The van der Waals surface area contributed by atoms with Gasteiger partial charge in [0.05, 0.1) is 16.8 Å². The number of hydrogen-bond donors (Lipinski definition) is 1. The maximum atomic E-state index is 12.5. The maximum absolute atomic E-state index is 12.5. The van der Waals surface area contributed by atoms with Crippen LogP contribution in [0.15, 0.2) is 42.5 Å². The van der Waals surface area contributed by atoms with Crippen molar-refractivity contribution < 1.29 is 14.3 Å². The van der Waals surface area contributed by atoms with E-state index in [1.165, 1.54) is 0 Å². The normalized spacial score (nSPS) is 10.7. The SMILES string of the molecule is Cc1cc(Cl)ccc1NC(=O)COC(=O)c1c(C)nc2ccccc2c1C. The van der Waals surface area contributed by atoms with E-state index in [9.17, 15) is 9.59 Å². The van der Waals surface area contributed by atoms with Crippen molar-refractivity contribution in [1.82, 2.24) is 4.98 Å². The lowest BCUT2D eigenvalue weighted by molar-refractivity contribution is -0.119. The van der Waals surface area contributed by atoms with Crippen molar-refractivity contribution in [1.29, 1.82) is 0 Å². The Morgan fingerprint density at radius 2 is 1.85 bits per heavy atom. The number of nitrogens with zero attached hydrogens (tertiary/aromatic N) is 1. The Bertz CT molecular complexity index is 1050. The van der Waals surface area contributed by atoms with Crippen LogP contribution < -0.4 is 5.32 Å². The van der Waals surface area contributed by atoms with E-state index in [4.69, 9.17) is 16.3 Å². The number of benzene rings is 2. The number of ether oxygens (including phenoxy) is 1. The lowest BCUT2D eigenvalue weighted by atomic mass is 10.0. The predicted octanol–water partition coefficient (Wildman–Crippen LogP) is 4.61. The third-order valence-electron chi connectivity index (χ3n) is 4.33. The number of rotatable bonds is 4. The highest BCUT2D eigenvalue weighted by Crippen LogP contribution is 2.23. The minimum absolute atomic E-state index is 0.382. The van der Waals surface area contributed by atoms with Crippen molar-refractivity contribution in [2.75, 3.05) is 11.9 Å². The molecule has 0 fully saturated rings. The number of nitrogens with one attached hydrogen (secondary N) is 1. The van der Waals surface area contributed by atoms with Crippen LogP contribution in [0.2, 0.25) is 5.02 Å². The minimum atomic E-state index is -0.564. The van der Waals surface area contributed by atoms with Crippen LogP contribution in [0.4, 0.5) is 5.69 Å². The summed E-state index contributed by atoms with van der Waals surface area (Å²) in [6.07, 6.45) is 0. The number of esters is 1. The first-order valence-corrected chi connectivity index (χ1v) is 8.83. The molecule has 0 saturated heterocycles. The number of fused-ring (bicyclic) bond motifs is 1. The Hall–Kier alpha value is -2.92. The zero-order valence-corrected chi connectivity index (χ0v) is 16.1. The standard InChI is InChI=1S/C21H19ClN2O3/c1-12-10-15(22)8-9-17(12)24-19(25)11-27-21(26)20-13(2)16-6-4-5-7-18(16)23-14(20)3/h4-10H,11H2,1-3H3,(H,24,25). The fourth-order valence-electron chi connectivity index (χ4n) is 2.99. The van der Waals surface area contributed by atoms with Crippen LogP contribution in [0.5, 0.6) is 0 Å². The van der Waals surface area contributed by atoms with Gasteiger partial charge in [0.2, 0.25) is 0 Å². The van der Waals surface area contributed by atoms with E-state index < -0.39 is 11.9 Å². The van der Waals surface area contributed by atoms with Gasteiger partial charge in [-0.1, -0.05) is 29.8 Å². The molecule has 5 nitrogen and oxygen atoms in total. The molecule has 2 aromatic carbocycles. The van der Waals surface area contributed by atoms with Gasteiger partial charge in [0.25, 0.3) is 5.91 Å². The summed E-state index contributed by atoms with van der Waals surface area (Å²) in [5.41, 5.74) is 4.03. The molecule has 0 unspecified atom stereocenters. The second-order valence-corrected chi connectivity index (χ2v) is 6.73. The molecular weight excluding hydrogens is 364 g/mol. The number of para-hydroxylation sites is 1. The fourth-order valence-corrected chi connectivity index (χ4v) is 3.22. The number of halogens is 1. The van der Waals surface area contributed by atoms with Crippen molar-refractivity contribution in [2.24, 2.45) is 0 Å². The van der Waals surface area contributed by atoms with Gasteiger partial charge < -0.3 is 10.1 Å². The molecule has 3 aromatic rings. The summed E-state index contributed by atoms with van der Waals surface area (Å²) < 4.78 is 5.22. The number of carbonyl (C=O) groups excluding carboxylic acids is 2. The summed E-state index contributed by atoms with van der Waals surface area (Å²) in [7, 11) is 0. The third-order valence-corrected chi connectivity index (χ3v) is 4.57. The zero-order valence-electron chi connectivity index (χ0n) is 15.3. The van der Waals surface area contributed by atoms with Crippen molar-refractivity contribution in [3.8, 4) is 0 Å². The molecule has 1 amide bonds. The minimum Gasteiger partial charge on any atom is -0.452 e. The van der Waals surface area contributed by atoms with Crippen LogP contribution in [0, 0.1) is 20.8 Å². The molecule has 0 aliphatic heterocycles. The van der Waals surface area contributed by atoms with E-state index >= 15 is 0 Å². The van der Waals surface area contributed by atoms with Crippen LogP contribution in [-0.4, -0.2) is 23.5 Å². The molecule has 0 aliphatic rings. The van der Waals surface area contributed by atoms with Crippen molar-refractivity contribution in [3.63, 3.8) is 0 Å². The molecule has 6 heteroatoms. The fraction of sp³-hybridized carbons (Fsp3) is 0.190. The van der Waals surface area contributed by atoms with Crippen molar-refractivity contribution in [2.45, 2.75) is 20.8 Å². The van der Waals surface area contributed by atoms with Crippen LogP contribution >= 0.6 is 11.6 Å². The molecule has 1 N–H and O–H groups in total. The first-order valence-electron chi connectivity index (χ1n) is 8.46. The van der Waals surface area contributed by atoms with E-state index in [-0.39, 0.29) is 6.61 Å². The molecule has 3 rings (SSSR count). The highest BCUT2D eigenvalue weighted by molar-refractivity contribution is 6.30. The Morgan fingerprint density at radius 1 is 1.11 bits per heavy atom. The first kappa shape index (κ1) is 18.9. The number of pyridine rings is 1. The molecule has 0 saturated carbocycles. The molecule has 0 aliphatic carbocycles. The first-order chi connectivity index (χ1) is 12.9. The topological polar surface area (TPSA) is 68.3 Å². The molecule has 1 aromatic heterocycles. The Morgan fingerprint density at radius 3 is 2.59 bits per heavy atom. The molecule has 138 valence electrons. The molecule has 0 bridgehead atoms. The lowest BCUT2D eigenvalue weighted by Gasteiger charge is -2.12. The van der Waals surface area contributed by atoms with E-state index in [0.717, 1.165) is 22.0 Å². The van der Waals surface area contributed by atoms with Gasteiger partial charge in [0, 0.05) is 16.1 Å². The Kier molecular flexibility index (Phi) is 5.42. The van der Waals surface area contributed by atoms with Gasteiger partial charge in [0.15, 0.2) is 6.61 Å². The number of anilines is 1. The zero-order chi connectivity index (χ0) is 19.6. The van der Waals surface area contributed by atoms with Gasteiger partial charge in [0.1, 0.15) is 0 Å². The average Bonchev–Trinajstić information content (AvgIpc) is 2.62. The number of hydrogen-bond acceptors (Lipinski definition) is 4. The number of amides is 1. The summed E-state index contributed by atoms with van der Waals surface area (Å²) in [6, 6.07) is 12.7. The smallest absolute Gasteiger partial charge is 0.340 e. The largest absolute Gasteiger partial charge is 0.452 e. The van der Waals surface area contributed by atoms with Gasteiger partial charge >= 0.3 is 5.97 Å². The summed E-state index contributed by atoms with van der Waals surface area (Å²) in [6.45, 7) is 5.06. The van der Waals surface area contributed by atoms with E-state index in [0.29, 0.717) is 22.0 Å². The summed E-state index contributed by atoms with van der Waals surface area (Å²) in [5, 5.41) is 4.19. The molecule has 0 radical (unpaired) electrons. The molecule has 0 spiro atoms. The number of aryl methyl sites for hydroxylation is 3. The van der Waals surface area contributed by atoms with E-state index in [1.807, 2.05) is 38.1 Å². The van der Waals surface area contributed by atoms with Crippen LogP contribution in [0.3, 0.4) is 0 Å². The summed E-state index contributed by atoms with van der Waals surface area (Å²) >= 11 is 5.91. The molecule has 0 atom stereocenters. The van der Waals surface area contributed by atoms with Crippen molar-refractivity contribution in [3.05, 3.63) is 69.9 Å². The highest BCUT2D eigenvalue weighted by atomic mass is 35.5. The molecule has 27 heavy (non-hydrogen) atoms. The van der Waals surface area contributed by atoms with Gasteiger partial charge in [-0.2, -0.15) is 0 Å². The summed E-state index contributed by atoms with van der Waals surface area (Å²) in [4.78, 5) is 29.1. The lowest BCUT2D eigenvalue weighted by Crippen LogP contribution is -2.22. The molecular formula is C21H19ClN2O3. The predicted molar refractivity (Wildman–Crippen MR) is 106 cm³/mol. The van der Waals surface area contributed by atoms with Crippen LogP contribution in [0.1, 0.15) is 27.2 Å². The monoisotopic (exact) mass is 382 g/mol. The van der Waals surface area contributed by atoms with Crippen molar-refractivity contribution >= 4 is 40.1 Å². The van der Waals surface area contributed by atoms with E-state index in [2.05, 4.69) is 10.3 Å². The molecule has 1 heterocycles. The van der Waals surface area contributed by atoms with Gasteiger partial charge in [-0.25, -0.2) is 4.79 Å². The Labute approximate surface area is 162 Å². The Balaban J connectivity index is 1.72. The maximum Gasteiger partial charge on any atom is 0.340 e. The van der Waals surface area contributed by atoms with Gasteiger partial charge in [-0.05, 0) is 56.2 Å². The quantitative estimate of drug-likeness (QED) is 0.669. The number of carbonyl (C=O) groups is 2. The second kappa shape index (κ2) is 7.76. The second-order valence-electron chi connectivity index (χ2n) is 6.30. The third kappa shape index (κ3) is 4.09. The van der Waals surface area contributed by atoms with Gasteiger partial charge in [-0.15, -0.1) is 0 Å². The average molecular weight is 383 g/mol. The van der Waals surface area contributed by atoms with Gasteiger partial charge in [-0.3, -0.25) is 9.78 Å². The highest BCUT2D eigenvalue weighted by Gasteiger charge is 2.19. The van der Waals surface area contributed by atoms with Crippen LogP contribution in [0.25, 0.3) is 10.9 Å². The van der Waals surface area contributed by atoms with Crippen LogP contribution in [-0.2, 0) is 9.53 Å². The summed E-state index contributed by atoms with van der Waals surface area (Å²) in [5.74, 6) is -0.982. The van der Waals surface area contributed by atoms with E-state index in [1.54, 1.807) is 25.1 Å².